The molecule has 0 unspecified atom stereocenters. The van der Waals surface area contributed by atoms with Crippen molar-refractivity contribution in [1.29, 1.82) is 5.26 Å². The number of aryl methyl sites for hydroxylation is 1. The molecule has 0 aromatic heterocycles. The molecule has 0 radical (unpaired) electrons. The molecule has 0 heterocycles. The molecule has 5 heteroatoms. The first-order chi connectivity index (χ1) is 8.31. The van der Waals surface area contributed by atoms with E-state index in [9.17, 15) is 4.79 Å². The number of rotatable bonds is 3. The van der Waals surface area contributed by atoms with Gasteiger partial charge < -0.3 is 10.1 Å². The Balaban J connectivity index is 3.09. The number of methoxy groups -OCH3 is 1. The summed E-state index contributed by atoms with van der Waals surface area (Å²) < 4.78 is 5.17. The fourth-order valence-corrected chi connectivity index (χ4v) is 1.41. The van der Waals surface area contributed by atoms with Crippen LogP contribution in [0.4, 0.5) is 5.69 Å². The summed E-state index contributed by atoms with van der Waals surface area (Å²) in [5.41, 5.74) is 0.204. The molecule has 0 bridgehead atoms. The van der Waals surface area contributed by atoms with Crippen LogP contribution in [-0.2, 0) is 4.79 Å². The lowest BCUT2D eigenvalue weighted by atomic mass is 9.94. The second kappa shape index (κ2) is 5.28. The molecule has 4 nitrogen and oxygen atoms in total. The van der Waals surface area contributed by atoms with Crippen LogP contribution < -0.4 is 10.1 Å². The molecule has 1 aromatic rings. The molecule has 1 amide bonds. The summed E-state index contributed by atoms with van der Waals surface area (Å²) in [7, 11) is 1.51. The highest BCUT2D eigenvalue weighted by Crippen LogP contribution is 2.32. The Morgan fingerprint density at radius 2 is 2.11 bits per heavy atom. The molecule has 0 fully saturated rings. The minimum Gasteiger partial charge on any atom is -0.495 e. The van der Waals surface area contributed by atoms with E-state index in [0.717, 1.165) is 5.56 Å². The van der Waals surface area contributed by atoms with Crippen LogP contribution in [0.15, 0.2) is 12.1 Å². The Labute approximate surface area is 112 Å². The maximum atomic E-state index is 11.9. The standard InChI is InChI=1S/C13H15ClN2O2/c1-8-5-11(18-4)10(6-9(8)14)16-12(17)13(2,3)7-15/h5-6H,1-4H3,(H,16,17). The fourth-order valence-electron chi connectivity index (χ4n) is 1.25. The number of halogens is 1. The number of hydrogen-bond acceptors (Lipinski definition) is 3. The van der Waals surface area contributed by atoms with Crippen LogP contribution in [0.2, 0.25) is 5.02 Å². The average Bonchev–Trinajstić information content (AvgIpc) is 2.33. The summed E-state index contributed by atoms with van der Waals surface area (Å²) in [5, 5.41) is 12.1. The first-order valence-electron chi connectivity index (χ1n) is 5.38. The molecule has 0 saturated carbocycles. The van der Waals surface area contributed by atoms with Gasteiger partial charge in [0.25, 0.3) is 0 Å². The van der Waals surface area contributed by atoms with Crippen molar-refractivity contribution in [2.75, 3.05) is 12.4 Å². The topological polar surface area (TPSA) is 62.1 Å². The van der Waals surface area contributed by atoms with Crippen molar-refractivity contribution in [2.24, 2.45) is 5.41 Å². The Hall–Kier alpha value is -1.73. The summed E-state index contributed by atoms with van der Waals surface area (Å²) in [6.07, 6.45) is 0. The molecule has 1 N–H and O–H groups in total. The molecule has 0 aliphatic heterocycles. The van der Waals surface area contributed by atoms with E-state index in [2.05, 4.69) is 5.32 Å². The van der Waals surface area contributed by atoms with Crippen LogP contribution in [-0.4, -0.2) is 13.0 Å². The number of ether oxygens (including phenoxy) is 1. The first-order valence-corrected chi connectivity index (χ1v) is 5.76. The number of nitrogens with zero attached hydrogens (tertiary/aromatic N) is 1. The van der Waals surface area contributed by atoms with Gasteiger partial charge in [0.15, 0.2) is 0 Å². The van der Waals surface area contributed by atoms with Gasteiger partial charge in [0.05, 0.1) is 18.9 Å². The molecule has 0 atom stereocenters. The lowest BCUT2D eigenvalue weighted by Crippen LogP contribution is -2.29. The quantitative estimate of drug-likeness (QED) is 0.914. The van der Waals surface area contributed by atoms with Crippen LogP contribution in [0.25, 0.3) is 0 Å². The molecule has 18 heavy (non-hydrogen) atoms. The monoisotopic (exact) mass is 266 g/mol. The average molecular weight is 267 g/mol. The Kier molecular flexibility index (Phi) is 4.20. The van der Waals surface area contributed by atoms with E-state index in [4.69, 9.17) is 21.6 Å². The minimum absolute atomic E-state index is 0.400. The van der Waals surface area contributed by atoms with Crippen LogP contribution in [0.3, 0.4) is 0 Å². The largest absolute Gasteiger partial charge is 0.495 e. The van der Waals surface area contributed by atoms with E-state index < -0.39 is 11.3 Å². The highest BCUT2D eigenvalue weighted by Gasteiger charge is 2.28. The third kappa shape index (κ3) is 2.93. The van der Waals surface area contributed by atoms with Crippen molar-refractivity contribution in [3.63, 3.8) is 0 Å². The lowest BCUT2D eigenvalue weighted by Gasteiger charge is -2.17. The second-order valence-electron chi connectivity index (χ2n) is 4.49. The van der Waals surface area contributed by atoms with Gasteiger partial charge in [0.1, 0.15) is 11.2 Å². The van der Waals surface area contributed by atoms with Gasteiger partial charge in [0, 0.05) is 5.02 Å². The fraction of sp³-hybridized carbons (Fsp3) is 0.385. The van der Waals surface area contributed by atoms with Crippen molar-refractivity contribution in [3.8, 4) is 11.8 Å². The zero-order chi connectivity index (χ0) is 13.9. The molecule has 0 aliphatic rings. The van der Waals surface area contributed by atoms with Gasteiger partial charge in [-0.1, -0.05) is 11.6 Å². The van der Waals surface area contributed by atoms with Crippen LogP contribution in [0, 0.1) is 23.7 Å². The van der Waals surface area contributed by atoms with Crippen molar-refractivity contribution in [1.82, 2.24) is 0 Å². The summed E-state index contributed by atoms with van der Waals surface area (Å²) in [6.45, 7) is 4.94. The Morgan fingerprint density at radius 3 is 2.61 bits per heavy atom. The minimum atomic E-state index is -1.11. The Bertz CT molecular complexity index is 518. The predicted molar refractivity (Wildman–Crippen MR) is 70.8 cm³/mol. The van der Waals surface area contributed by atoms with Gasteiger partial charge in [0.2, 0.25) is 5.91 Å². The third-order valence-corrected chi connectivity index (χ3v) is 2.98. The number of nitrogens with one attached hydrogen (secondary N) is 1. The van der Waals surface area contributed by atoms with Gasteiger partial charge in [-0.15, -0.1) is 0 Å². The summed E-state index contributed by atoms with van der Waals surface area (Å²) >= 11 is 6.00. The van der Waals surface area contributed by atoms with Gasteiger partial charge in [-0.05, 0) is 38.5 Å². The maximum absolute atomic E-state index is 11.9. The predicted octanol–water partition coefficient (Wildman–Crippen LogP) is 3.15. The third-order valence-electron chi connectivity index (χ3n) is 2.58. The van der Waals surface area contributed by atoms with E-state index in [1.54, 1.807) is 26.0 Å². The van der Waals surface area contributed by atoms with E-state index in [1.807, 2.05) is 13.0 Å². The molecular weight excluding hydrogens is 252 g/mol. The highest BCUT2D eigenvalue weighted by molar-refractivity contribution is 6.31. The van der Waals surface area contributed by atoms with Crippen molar-refractivity contribution in [2.45, 2.75) is 20.8 Å². The number of benzene rings is 1. The van der Waals surface area contributed by atoms with Crippen LogP contribution in [0.1, 0.15) is 19.4 Å². The van der Waals surface area contributed by atoms with E-state index in [-0.39, 0.29) is 0 Å². The summed E-state index contributed by atoms with van der Waals surface area (Å²) in [4.78, 5) is 11.9. The van der Waals surface area contributed by atoms with Gasteiger partial charge in [-0.25, -0.2) is 0 Å². The van der Waals surface area contributed by atoms with Crippen LogP contribution >= 0.6 is 11.6 Å². The van der Waals surface area contributed by atoms with E-state index in [1.165, 1.54) is 7.11 Å². The molecule has 1 rings (SSSR count). The normalized spacial score (nSPS) is 10.7. The van der Waals surface area contributed by atoms with E-state index >= 15 is 0 Å². The van der Waals surface area contributed by atoms with Crippen molar-refractivity contribution >= 4 is 23.2 Å². The zero-order valence-corrected chi connectivity index (χ0v) is 11.6. The smallest absolute Gasteiger partial charge is 0.244 e. The number of carbonyl (C=O) groups is 1. The van der Waals surface area contributed by atoms with Crippen molar-refractivity contribution < 1.29 is 9.53 Å². The Morgan fingerprint density at radius 1 is 1.50 bits per heavy atom. The maximum Gasteiger partial charge on any atom is 0.244 e. The van der Waals surface area contributed by atoms with E-state index in [0.29, 0.717) is 16.5 Å². The summed E-state index contributed by atoms with van der Waals surface area (Å²) in [6, 6.07) is 5.28. The van der Waals surface area contributed by atoms with Gasteiger partial charge >= 0.3 is 0 Å². The summed E-state index contributed by atoms with van der Waals surface area (Å²) in [5.74, 6) is 0.113. The molecule has 0 aliphatic carbocycles. The van der Waals surface area contributed by atoms with Gasteiger partial charge in [-0.2, -0.15) is 5.26 Å². The van der Waals surface area contributed by atoms with Crippen LogP contribution in [0.5, 0.6) is 5.75 Å². The SMILES string of the molecule is COc1cc(C)c(Cl)cc1NC(=O)C(C)(C)C#N. The highest BCUT2D eigenvalue weighted by atomic mass is 35.5. The number of nitriles is 1. The molecule has 96 valence electrons. The molecule has 0 saturated heterocycles. The first kappa shape index (κ1) is 14.3. The molecule has 0 spiro atoms. The molecule has 1 aromatic carbocycles. The number of amides is 1. The number of anilines is 1. The number of carbonyl (C=O) groups excluding carboxylic acids is 1. The number of hydrogen-bond donors (Lipinski definition) is 1. The van der Waals surface area contributed by atoms with Crippen molar-refractivity contribution in [3.05, 3.63) is 22.7 Å². The second-order valence-corrected chi connectivity index (χ2v) is 4.90. The lowest BCUT2D eigenvalue weighted by molar-refractivity contribution is -0.121. The van der Waals surface area contributed by atoms with Gasteiger partial charge in [-0.3, -0.25) is 4.79 Å². The molecular formula is C13H15ClN2O2. The zero-order valence-electron chi connectivity index (χ0n) is 10.8.